The molecule has 0 N–H and O–H groups in total. The van der Waals surface area contributed by atoms with Crippen LogP contribution in [0.5, 0.6) is 0 Å². The van der Waals surface area contributed by atoms with E-state index >= 15 is 0 Å². The molecule has 1 unspecified atom stereocenters. The largest absolute Gasteiger partial charge is 0.371 e. The molecule has 0 amide bonds. The summed E-state index contributed by atoms with van der Waals surface area (Å²) in [7, 11) is 0. The minimum Gasteiger partial charge on any atom is -0.371 e. The van der Waals surface area contributed by atoms with Gasteiger partial charge in [0.15, 0.2) is 5.78 Å². The number of hydrogen-bond acceptors (Lipinski definition) is 4. The Morgan fingerprint density at radius 1 is 1.50 bits per heavy atom. The minimum absolute atomic E-state index is 0.00167. The Hall–Kier alpha value is -0.740. The molecule has 4 heteroatoms. The number of thiazole rings is 1. The van der Waals surface area contributed by atoms with Crippen LogP contribution in [0.3, 0.4) is 0 Å². The third-order valence-electron chi connectivity index (χ3n) is 2.33. The number of ether oxygens (including phenoxy) is 1. The zero-order chi connectivity index (χ0) is 12.3. The van der Waals surface area contributed by atoms with Gasteiger partial charge in [0.1, 0.15) is 11.1 Å². The van der Waals surface area contributed by atoms with Crippen LogP contribution in [-0.4, -0.2) is 17.4 Å². The van der Waals surface area contributed by atoms with Gasteiger partial charge in [-0.1, -0.05) is 13.8 Å². The van der Waals surface area contributed by atoms with Gasteiger partial charge >= 0.3 is 0 Å². The van der Waals surface area contributed by atoms with E-state index in [0.29, 0.717) is 12.5 Å². The average Bonchev–Trinajstić information content (AvgIpc) is 2.56. The van der Waals surface area contributed by atoms with Crippen molar-refractivity contribution in [3.63, 3.8) is 0 Å². The second-order valence-electron chi connectivity index (χ2n) is 4.14. The molecular weight excluding hydrogens is 222 g/mol. The Bertz CT molecular complexity index is 371. The number of carbonyl (C=O) groups excluding carboxylic acids is 1. The number of hydrogen-bond donors (Lipinski definition) is 0. The normalized spacial score (nSPS) is 13.1. The Kier molecular flexibility index (Phi) is 4.62. The van der Waals surface area contributed by atoms with E-state index in [1.165, 1.54) is 11.3 Å². The Labute approximate surface area is 101 Å². The van der Waals surface area contributed by atoms with Crippen LogP contribution in [0.4, 0.5) is 0 Å². The Balaban J connectivity index is 3.01. The molecule has 0 fully saturated rings. The summed E-state index contributed by atoms with van der Waals surface area (Å²) in [5, 5.41) is 0.916. The van der Waals surface area contributed by atoms with Crippen LogP contribution in [0.2, 0.25) is 0 Å². The fourth-order valence-electron chi connectivity index (χ4n) is 1.59. The van der Waals surface area contributed by atoms with Gasteiger partial charge in [0.2, 0.25) is 0 Å². The van der Waals surface area contributed by atoms with E-state index in [0.717, 1.165) is 15.6 Å². The molecule has 0 spiro atoms. The fourth-order valence-corrected chi connectivity index (χ4v) is 2.78. The summed E-state index contributed by atoms with van der Waals surface area (Å²) in [6.07, 6.45) is 0.00167. The van der Waals surface area contributed by atoms with Crippen molar-refractivity contribution in [3.8, 4) is 0 Å². The highest BCUT2D eigenvalue weighted by Crippen LogP contribution is 2.31. The van der Waals surface area contributed by atoms with Crippen molar-refractivity contribution in [1.29, 1.82) is 0 Å². The van der Waals surface area contributed by atoms with Crippen molar-refractivity contribution >= 4 is 17.1 Å². The first-order chi connectivity index (χ1) is 7.47. The average molecular weight is 241 g/mol. The molecule has 0 aliphatic carbocycles. The quantitative estimate of drug-likeness (QED) is 0.742. The van der Waals surface area contributed by atoms with Gasteiger partial charge in [-0.15, -0.1) is 11.3 Å². The van der Waals surface area contributed by atoms with Gasteiger partial charge in [0.05, 0.1) is 10.6 Å². The van der Waals surface area contributed by atoms with Gasteiger partial charge in [-0.25, -0.2) is 4.98 Å². The second kappa shape index (κ2) is 5.55. The number of carbonyl (C=O) groups is 1. The molecule has 1 aromatic rings. The van der Waals surface area contributed by atoms with Crippen LogP contribution in [0.25, 0.3) is 0 Å². The molecular formula is C12H19NO2S. The van der Waals surface area contributed by atoms with Gasteiger partial charge in [-0.05, 0) is 19.8 Å². The third kappa shape index (κ3) is 2.89. The van der Waals surface area contributed by atoms with E-state index < -0.39 is 0 Å². The molecule has 1 heterocycles. The maximum Gasteiger partial charge on any atom is 0.171 e. The maximum absolute atomic E-state index is 11.4. The lowest BCUT2D eigenvalue weighted by atomic mass is 10.1. The topological polar surface area (TPSA) is 39.2 Å². The van der Waals surface area contributed by atoms with Crippen molar-refractivity contribution in [2.24, 2.45) is 5.92 Å². The fraction of sp³-hybridized carbons (Fsp3) is 0.667. The lowest BCUT2D eigenvalue weighted by molar-refractivity contribution is 0.0292. The monoisotopic (exact) mass is 241 g/mol. The van der Waals surface area contributed by atoms with E-state index in [1.807, 2.05) is 13.8 Å². The predicted molar refractivity (Wildman–Crippen MR) is 66.1 cm³/mol. The lowest BCUT2D eigenvalue weighted by Gasteiger charge is -2.17. The van der Waals surface area contributed by atoms with Crippen molar-refractivity contribution in [2.45, 2.75) is 40.7 Å². The maximum atomic E-state index is 11.4. The van der Waals surface area contributed by atoms with E-state index in [2.05, 4.69) is 18.8 Å². The highest BCUT2D eigenvalue weighted by molar-refractivity contribution is 7.13. The van der Waals surface area contributed by atoms with E-state index in [-0.39, 0.29) is 11.9 Å². The molecule has 1 aromatic heterocycles. The van der Waals surface area contributed by atoms with E-state index in [1.54, 1.807) is 6.92 Å². The molecule has 90 valence electrons. The summed E-state index contributed by atoms with van der Waals surface area (Å²) in [6.45, 7) is 10.3. The van der Waals surface area contributed by atoms with Crippen LogP contribution >= 0.6 is 11.3 Å². The zero-order valence-electron chi connectivity index (χ0n) is 10.5. The summed E-state index contributed by atoms with van der Waals surface area (Å²) in [5.41, 5.74) is 0.817. The minimum atomic E-state index is 0.00167. The Morgan fingerprint density at radius 3 is 2.50 bits per heavy atom. The first-order valence-corrected chi connectivity index (χ1v) is 6.38. The molecule has 0 radical (unpaired) electrons. The molecule has 0 aliphatic heterocycles. The molecule has 0 saturated carbocycles. The number of Topliss-reactive ketones (excluding diaryl/α,β-unsaturated/α-hetero) is 1. The molecule has 1 rings (SSSR count). The summed E-state index contributed by atoms with van der Waals surface area (Å²) < 4.78 is 5.67. The highest BCUT2D eigenvalue weighted by atomic mass is 32.1. The number of nitrogens with zero attached hydrogens (tertiary/aromatic N) is 1. The third-order valence-corrected chi connectivity index (χ3v) is 3.65. The number of rotatable bonds is 5. The van der Waals surface area contributed by atoms with E-state index in [9.17, 15) is 4.79 Å². The predicted octanol–water partition coefficient (Wildman–Crippen LogP) is 3.39. The van der Waals surface area contributed by atoms with Gasteiger partial charge in [0.25, 0.3) is 0 Å². The molecule has 0 aliphatic rings. The van der Waals surface area contributed by atoms with Gasteiger partial charge in [-0.3, -0.25) is 4.79 Å². The van der Waals surface area contributed by atoms with Crippen molar-refractivity contribution in [3.05, 3.63) is 15.6 Å². The Morgan fingerprint density at radius 2 is 2.12 bits per heavy atom. The van der Waals surface area contributed by atoms with Crippen LogP contribution in [0, 0.1) is 12.8 Å². The van der Waals surface area contributed by atoms with Crippen LogP contribution < -0.4 is 0 Å². The second-order valence-corrected chi connectivity index (χ2v) is 5.17. The molecule has 16 heavy (non-hydrogen) atoms. The first-order valence-electron chi connectivity index (χ1n) is 5.57. The summed E-state index contributed by atoms with van der Waals surface area (Å²) >= 11 is 1.46. The highest BCUT2D eigenvalue weighted by Gasteiger charge is 2.22. The molecule has 0 saturated heterocycles. The van der Waals surface area contributed by atoms with Gasteiger partial charge in [-0.2, -0.15) is 0 Å². The molecule has 0 aromatic carbocycles. The summed E-state index contributed by atoms with van der Waals surface area (Å²) in [4.78, 5) is 16.6. The number of aryl methyl sites for hydroxylation is 1. The summed E-state index contributed by atoms with van der Waals surface area (Å²) in [5.74, 6) is 0.450. The van der Waals surface area contributed by atoms with E-state index in [4.69, 9.17) is 4.74 Å². The number of aromatic nitrogens is 1. The van der Waals surface area contributed by atoms with Crippen molar-refractivity contribution in [2.75, 3.05) is 6.61 Å². The van der Waals surface area contributed by atoms with Crippen LogP contribution in [-0.2, 0) is 4.74 Å². The smallest absolute Gasteiger partial charge is 0.171 e. The molecule has 0 bridgehead atoms. The zero-order valence-corrected chi connectivity index (χ0v) is 11.4. The van der Waals surface area contributed by atoms with Crippen LogP contribution in [0.1, 0.15) is 54.2 Å². The lowest BCUT2D eigenvalue weighted by Crippen LogP contribution is -2.10. The summed E-state index contributed by atoms with van der Waals surface area (Å²) in [6, 6.07) is 0. The molecule has 1 atom stereocenters. The van der Waals surface area contributed by atoms with Crippen molar-refractivity contribution in [1.82, 2.24) is 4.98 Å². The first kappa shape index (κ1) is 13.3. The van der Waals surface area contributed by atoms with Crippen molar-refractivity contribution < 1.29 is 9.53 Å². The molecule has 3 nitrogen and oxygen atoms in total. The van der Waals surface area contributed by atoms with Crippen LogP contribution in [0.15, 0.2) is 0 Å². The SMILES string of the molecule is CCOC(c1nc(C)c(C(C)=O)s1)C(C)C. The van der Waals surface area contributed by atoms with Gasteiger partial charge in [0, 0.05) is 13.5 Å². The standard InChI is InChI=1S/C12H19NO2S/c1-6-15-10(7(2)3)12-13-8(4)11(16-12)9(5)14/h7,10H,6H2,1-5H3. The number of ketones is 1. The van der Waals surface area contributed by atoms with Gasteiger partial charge < -0.3 is 4.74 Å².